The third-order valence-corrected chi connectivity index (χ3v) is 5.75. The second-order valence-corrected chi connectivity index (χ2v) is 8.13. The first-order valence-electron chi connectivity index (χ1n) is 10.8. The van der Waals surface area contributed by atoms with Crippen molar-refractivity contribution >= 4 is 17.8 Å². The second kappa shape index (κ2) is 10.2. The SMILES string of the molecule is C[C@@H]1CCC[C@H](C)N1C(=O)[C@@H](C)OC(=O)CNC(=O)c1ccc(-c2ccccc2)cc1. The van der Waals surface area contributed by atoms with Crippen LogP contribution in [0.1, 0.15) is 50.4 Å². The van der Waals surface area contributed by atoms with E-state index in [1.165, 1.54) is 0 Å². The van der Waals surface area contributed by atoms with Crippen LogP contribution in [0.15, 0.2) is 54.6 Å². The van der Waals surface area contributed by atoms with Crippen molar-refractivity contribution in [3.05, 3.63) is 60.2 Å². The number of nitrogens with one attached hydrogen (secondary N) is 1. The molecule has 164 valence electrons. The van der Waals surface area contributed by atoms with E-state index < -0.39 is 12.1 Å². The van der Waals surface area contributed by atoms with Crippen molar-refractivity contribution in [2.45, 2.75) is 58.2 Å². The molecule has 2 aromatic carbocycles. The number of likely N-dealkylation sites (tertiary alicyclic amines) is 1. The molecule has 3 atom stereocenters. The van der Waals surface area contributed by atoms with Crippen LogP contribution in [0.5, 0.6) is 0 Å². The van der Waals surface area contributed by atoms with Crippen molar-refractivity contribution in [2.24, 2.45) is 0 Å². The molecule has 0 aromatic heterocycles. The average molecular weight is 423 g/mol. The lowest BCUT2D eigenvalue weighted by atomic mass is 9.97. The molecule has 0 saturated carbocycles. The number of ether oxygens (including phenoxy) is 1. The van der Waals surface area contributed by atoms with Gasteiger partial charge in [-0.3, -0.25) is 14.4 Å². The fourth-order valence-corrected chi connectivity index (χ4v) is 4.05. The summed E-state index contributed by atoms with van der Waals surface area (Å²) in [6, 6.07) is 17.3. The number of benzene rings is 2. The second-order valence-electron chi connectivity index (χ2n) is 8.13. The van der Waals surface area contributed by atoms with Crippen LogP contribution in [0.3, 0.4) is 0 Å². The Morgan fingerprint density at radius 2 is 1.55 bits per heavy atom. The largest absolute Gasteiger partial charge is 0.451 e. The standard InChI is InChI=1S/C25H30N2O4/c1-17-8-7-9-18(2)27(17)25(30)19(3)31-23(28)16-26-24(29)22-14-12-21(13-15-22)20-10-5-4-6-11-20/h4-6,10-15,17-19H,7-9,16H2,1-3H3,(H,26,29)/t17-,18+,19-/m1/s1. The number of nitrogens with zero attached hydrogens (tertiary/aromatic N) is 1. The van der Waals surface area contributed by atoms with Crippen LogP contribution >= 0.6 is 0 Å². The highest BCUT2D eigenvalue weighted by atomic mass is 16.5. The third-order valence-electron chi connectivity index (χ3n) is 5.75. The first kappa shape index (κ1) is 22.5. The third kappa shape index (κ3) is 5.72. The quantitative estimate of drug-likeness (QED) is 0.719. The molecule has 1 aliphatic heterocycles. The van der Waals surface area contributed by atoms with Crippen LogP contribution in [0.2, 0.25) is 0 Å². The monoisotopic (exact) mass is 422 g/mol. The minimum absolute atomic E-state index is 0.135. The summed E-state index contributed by atoms with van der Waals surface area (Å²) in [5, 5.41) is 2.56. The van der Waals surface area contributed by atoms with Crippen LogP contribution in [-0.2, 0) is 14.3 Å². The molecule has 0 bridgehead atoms. The zero-order chi connectivity index (χ0) is 22.4. The van der Waals surface area contributed by atoms with Crippen molar-refractivity contribution in [1.29, 1.82) is 0 Å². The van der Waals surface area contributed by atoms with Crippen LogP contribution in [-0.4, -0.2) is 47.4 Å². The molecule has 1 aliphatic rings. The van der Waals surface area contributed by atoms with Gasteiger partial charge in [-0.15, -0.1) is 0 Å². The van der Waals surface area contributed by atoms with Gasteiger partial charge in [0.25, 0.3) is 11.8 Å². The normalized spacial score (nSPS) is 19.4. The van der Waals surface area contributed by atoms with Crippen molar-refractivity contribution in [3.8, 4) is 11.1 Å². The molecular weight excluding hydrogens is 392 g/mol. The Labute approximate surface area is 183 Å². The molecule has 6 nitrogen and oxygen atoms in total. The highest BCUT2D eigenvalue weighted by Crippen LogP contribution is 2.23. The fourth-order valence-electron chi connectivity index (χ4n) is 4.05. The molecule has 0 aliphatic carbocycles. The van der Waals surface area contributed by atoms with E-state index in [0.717, 1.165) is 30.4 Å². The molecular formula is C25H30N2O4. The van der Waals surface area contributed by atoms with E-state index >= 15 is 0 Å². The number of carbonyl (C=O) groups excluding carboxylic acids is 3. The minimum atomic E-state index is -0.877. The summed E-state index contributed by atoms with van der Waals surface area (Å²) < 4.78 is 5.28. The lowest BCUT2D eigenvalue weighted by molar-refractivity contribution is -0.161. The molecule has 31 heavy (non-hydrogen) atoms. The molecule has 1 saturated heterocycles. The van der Waals surface area contributed by atoms with Crippen LogP contribution in [0.4, 0.5) is 0 Å². The maximum Gasteiger partial charge on any atom is 0.326 e. The van der Waals surface area contributed by atoms with Crippen LogP contribution in [0.25, 0.3) is 11.1 Å². The van der Waals surface area contributed by atoms with Crippen LogP contribution < -0.4 is 5.32 Å². The Bertz CT molecular complexity index is 901. The number of piperidine rings is 1. The molecule has 1 fully saturated rings. The Balaban J connectivity index is 1.49. The maximum absolute atomic E-state index is 12.7. The van der Waals surface area contributed by atoms with Gasteiger partial charge in [-0.2, -0.15) is 0 Å². The van der Waals surface area contributed by atoms with E-state index in [0.29, 0.717) is 5.56 Å². The van der Waals surface area contributed by atoms with Crippen LogP contribution in [0, 0.1) is 0 Å². The summed E-state index contributed by atoms with van der Waals surface area (Å²) in [7, 11) is 0. The van der Waals surface area contributed by atoms with E-state index in [1.54, 1.807) is 19.1 Å². The molecule has 3 rings (SSSR count). The molecule has 1 heterocycles. The van der Waals surface area contributed by atoms with Gasteiger partial charge in [0.05, 0.1) is 0 Å². The zero-order valence-electron chi connectivity index (χ0n) is 18.3. The van der Waals surface area contributed by atoms with Crippen molar-refractivity contribution in [2.75, 3.05) is 6.54 Å². The van der Waals surface area contributed by atoms with E-state index in [9.17, 15) is 14.4 Å². The predicted octanol–water partition coefficient (Wildman–Crippen LogP) is 3.80. The van der Waals surface area contributed by atoms with E-state index in [4.69, 9.17) is 4.74 Å². The smallest absolute Gasteiger partial charge is 0.326 e. The summed E-state index contributed by atoms with van der Waals surface area (Å²) in [5.41, 5.74) is 2.52. The number of amides is 2. The molecule has 0 radical (unpaired) electrons. The van der Waals surface area contributed by atoms with E-state index in [1.807, 2.05) is 61.2 Å². The number of carbonyl (C=O) groups is 3. The molecule has 2 amide bonds. The molecule has 2 aromatic rings. The number of rotatable bonds is 6. The summed E-state index contributed by atoms with van der Waals surface area (Å²) in [5.74, 6) is -1.18. The van der Waals surface area contributed by atoms with Crippen molar-refractivity contribution < 1.29 is 19.1 Å². The van der Waals surface area contributed by atoms with Crippen molar-refractivity contribution in [3.63, 3.8) is 0 Å². The number of hydrogen-bond acceptors (Lipinski definition) is 4. The minimum Gasteiger partial charge on any atom is -0.451 e. The summed E-state index contributed by atoms with van der Waals surface area (Å²) in [6.07, 6.45) is 2.13. The van der Waals surface area contributed by atoms with Gasteiger partial charge < -0.3 is 15.0 Å². The molecule has 1 N–H and O–H groups in total. The maximum atomic E-state index is 12.7. The Morgan fingerprint density at radius 3 is 2.16 bits per heavy atom. The van der Waals surface area contributed by atoms with Gasteiger partial charge in [-0.25, -0.2) is 0 Å². The number of hydrogen-bond donors (Lipinski definition) is 1. The first-order valence-corrected chi connectivity index (χ1v) is 10.8. The molecule has 0 spiro atoms. The summed E-state index contributed by atoms with van der Waals surface area (Å²) >= 11 is 0. The van der Waals surface area contributed by atoms with Gasteiger partial charge >= 0.3 is 5.97 Å². The van der Waals surface area contributed by atoms with Gasteiger partial charge in [0, 0.05) is 17.6 Å². The Morgan fingerprint density at radius 1 is 0.968 bits per heavy atom. The topological polar surface area (TPSA) is 75.7 Å². The molecule has 6 heteroatoms. The van der Waals surface area contributed by atoms with E-state index in [-0.39, 0.29) is 30.4 Å². The number of esters is 1. The average Bonchev–Trinajstić information content (AvgIpc) is 2.78. The van der Waals surface area contributed by atoms with Gasteiger partial charge in [0.15, 0.2) is 6.10 Å². The van der Waals surface area contributed by atoms with Gasteiger partial charge in [0.1, 0.15) is 6.54 Å². The summed E-state index contributed by atoms with van der Waals surface area (Å²) in [6.45, 7) is 5.33. The molecule has 0 unspecified atom stereocenters. The van der Waals surface area contributed by atoms with Gasteiger partial charge in [0.2, 0.25) is 0 Å². The lowest BCUT2D eigenvalue weighted by Crippen LogP contribution is -2.51. The Hall–Kier alpha value is -3.15. The van der Waals surface area contributed by atoms with E-state index in [2.05, 4.69) is 5.32 Å². The predicted molar refractivity (Wildman–Crippen MR) is 119 cm³/mol. The fraction of sp³-hybridized carbons (Fsp3) is 0.400. The van der Waals surface area contributed by atoms with Crippen molar-refractivity contribution in [1.82, 2.24) is 10.2 Å². The highest BCUT2D eigenvalue weighted by Gasteiger charge is 2.33. The zero-order valence-corrected chi connectivity index (χ0v) is 18.3. The lowest BCUT2D eigenvalue weighted by Gasteiger charge is -2.40. The van der Waals surface area contributed by atoms with Gasteiger partial charge in [-0.05, 0) is 63.3 Å². The highest BCUT2D eigenvalue weighted by molar-refractivity contribution is 5.96. The Kier molecular flexibility index (Phi) is 7.45. The van der Waals surface area contributed by atoms with Gasteiger partial charge in [-0.1, -0.05) is 42.5 Å². The first-order chi connectivity index (χ1) is 14.9. The summed E-state index contributed by atoms with van der Waals surface area (Å²) in [4.78, 5) is 39.1.